The van der Waals surface area contributed by atoms with Crippen LogP contribution in [0.1, 0.15) is 17.0 Å². The van der Waals surface area contributed by atoms with Gasteiger partial charge in [0.1, 0.15) is 12.9 Å². The van der Waals surface area contributed by atoms with E-state index >= 15 is 0 Å². The molecule has 1 amide bonds. The van der Waals surface area contributed by atoms with E-state index in [2.05, 4.69) is 39.8 Å². The molecular weight excluding hydrogens is 374 g/mol. The molecule has 1 saturated heterocycles. The number of hydrogen-bond donors (Lipinski definition) is 0. The average Bonchev–Trinajstić information content (AvgIpc) is 3.46. The topological polar surface area (TPSA) is 99.4 Å². The van der Waals surface area contributed by atoms with E-state index in [0.29, 0.717) is 0 Å². The summed E-state index contributed by atoms with van der Waals surface area (Å²) in [5.74, 6) is -0.558. The van der Waals surface area contributed by atoms with Gasteiger partial charge >= 0.3 is 12.1 Å². The quantitative estimate of drug-likeness (QED) is 0.625. The number of carbonyl (C=O) groups is 2. The Morgan fingerprint density at radius 1 is 1.10 bits per heavy atom. The van der Waals surface area contributed by atoms with Crippen molar-refractivity contribution in [3.63, 3.8) is 0 Å². The van der Waals surface area contributed by atoms with Gasteiger partial charge in [0.05, 0.1) is 6.54 Å². The first kappa shape index (κ1) is 17.4. The summed E-state index contributed by atoms with van der Waals surface area (Å²) in [6, 6.07) is 15.4. The van der Waals surface area contributed by atoms with Crippen molar-refractivity contribution >= 4 is 12.1 Å². The summed E-state index contributed by atoms with van der Waals surface area (Å²) in [7, 11) is 0. The van der Waals surface area contributed by atoms with Crippen molar-refractivity contribution in [1.82, 2.24) is 25.1 Å². The zero-order valence-corrected chi connectivity index (χ0v) is 15.3. The molecule has 3 aromatic rings. The lowest BCUT2D eigenvalue weighted by Gasteiger charge is -2.21. The van der Waals surface area contributed by atoms with Crippen LogP contribution in [0, 0.1) is 0 Å². The van der Waals surface area contributed by atoms with Crippen molar-refractivity contribution in [3.05, 3.63) is 66.0 Å². The lowest BCUT2D eigenvalue weighted by atomic mass is 9.98. The van der Waals surface area contributed by atoms with Gasteiger partial charge in [0.15, 0.2) is 12.8 Å². The van der Waals surface area contributed by atoms with Gasteiger partial charge in [-0.3, -0.25) is 4.90 Å². The molecule has 0 spiro atoms. The number of esters is 1. The molecule has 0 N–H and O–H groups in total. The number of ether oxygens (including phenoxy) is 2. The molecule has 0 bridgehead atoms. The minimum Gasteiger partial charge on any atom is -0.448 e. The fraction of sp³-hybridized carbons (Fsp3) is 0.250. The molecule has 146 valence electrons. The maximum Gasteiger partial charge on any atom is 0.413 e. The standard InChI is InChI=1S/C20H17N5O4/c26-19-18(9-24-11-21-22-23-24)25(12-29-19)20(27)28-10-17-15-7-3-1-5-13(15)14-6-2-4-8-16(14)17/h1-8,11,17-18H,9-10,12H2/t18-/m0/s1. The number of amides is 1. The van der Waals surface area contributed by atoms with Gasteiger partial charge in [-0.1, -0.05) is 48.5 Å². The Labute approximate surface area is 165 Å². The Kier molecular flexibility index (Phi) is 4.19. The Balaban J connectivity index is 1.32. The molecular formula is C20H17N5O4. The summed E-state index contributed by atoms with van der Waals surface area (Å²) in [6.07, 6.45) is 0.775. The molecule has 9 heteroatoms. The maximum absolute atomic E-state index is 12.7. The fourth-order valence-corrected chi connectivity index (χ4v) is 3.92. The van der Waals surface area contributed by atoms with E-state index < -0.39 is 18.1 Å². The lowest BCUT2D eigenvalue weighted by Crippen LogP contribution is -2.41. The molecule has 2 aromatic carbocycles. The third-order valence-electron chi connectivity index (χ3n) is 5.32. The Morgan fingerprint density at radius 2 is 1.79 bits per heavy atom. The SMILES string of the molecule is O=C1OCN(C(=O)OCC2c3ccccc3-c3ccccc32)[C@H]1Cn1cnnn1. The van der Waals surface area contributed by atoms with Crippen LogP contribution >= 0.6 is 0 Å². The van der Waals surface area contributed by atoms with Crippen molar-refractivity contribution in [2.75, 3.05) is 13.3 Å². The van der Waals surface area contributed by atoms with E-state index in [9.17, 15) is 9.59 Å². The van der Waals surface area contributed by atoms with Crippen LogP contribution < -0.4 is 0 Å². The molecule has 0 unspecified atom stereocenters. The second kappa shape index (κ2) is 7.01. The number of hydrogen-bond acceptors (Lipinski definition) is 7. The van der Waals surface area contributed by atoms with Gasteiger partial charge in [-0.15, -0.1) is 5.10 Å². The van der Waals surface area contributed by atoms with E-state index in [1.165, 1.54) is 15.9 Å². The summed E-state index contributed by atoms with van der Waals surface area (Å²) in [4.78, 5) is 26.0. The summed E-state index contributed by atoms with van der Waals surface area (Å²) in [5.41, 5.74) is 4.56. The number of tetrazole rings is 1. The van der Waals surface area contributed by atoms with Gasteiger partial charge in [-0.05, 0) is 32.7 Å². The first-order valence-corrected chi connectivity index (χ1v) is 9.21. The minimum absolute atomic E-state index is 0.0523. The third-order valence-corrected chi connectivity index (χ3v) is 5.32. The molecule has 0 saturated carbocycles. The number of nitrogens with zero attached hydrogens (tertiary/aromatic N) is 5. The van der Waals surface area contributed by atoms with E-state index in [-0.39, 0.29) is 25.8 Å². The van der Waals surface area contributed by atoms with E-state index in [0.717, 1.165) is 22.3 Å². The van der Waals surface area contributed by atoms with Gasteiger partial charge in [0.2, 0.25) is 0 Å². The predicted molar refractivity (Wildman–Crippen MR) is 99.5 cm³/mol. The Hall–Kier alpha value is -3.75. The Morgan fingerprint density at radius 3 is 2.45 bits per heavy atom. The molecule has 2 heterocycles. The molecule has 1 aliphatic heterocycles. The van der Waals surface area contributed by atoms with Crippen LogP contribution in [0.25, 0.3) is 11.1 Å². The second-order valence-corrected chi connectivity index (χ2v) is 6.91. The van der Waals surface area contributed by atoms with Crippen LogP contribution in [0.15, 0.2) is 54.9 Å². The van der Waals surface area contributed by atoms with Crippen molar-refractivity contribution in [2.45, 2.75) is 18.5 Å². The van der Waals surface area contributed by atoms with E-state index in [1.54, 1.807) is 0 Å². The molecule has 1 atom stereocenters. The van der Waals surface area contributed by atoms with Crippen LogP contribution in [-0.4, -0.2) is 56.5 Å². The maximum atomic E-state index is 12.7. The molecule has 0 radical (unpaired) electrons. The first-order chi connectivity index (χ1) is 14.2. The van der Waals surface area contributed by atoms with Crippen LogP contribution in [0.3, 0.4) is 0 Å². The van der Waals surface area contributed by atoms with Gasteiger partial charge < -0.3 is 9.47 Å². The molecule has 1 aliphatic carbocycles. The highest BCUT2D eigenvalue weighted by Crippen LogP contribution is 2.44. The van der Waals surface area contributed by atoms with Crippen molar-refractivity contribution < 1.29 is 19.1 Å². The number of cyclic esters (lactones) is 1. The molecule has 29 heavy (non-hydrogen) atoms. The number of rotatable bonds is 4. The number of benzene rings is 2. The van der Waals surface area contributed by atoms with Crippen molar-refractivity contribution in [1.29, 1.82) is 0 Å². The third kappa shape index (κ3) is 3.00. The zero-order valence-electron chi connectivity index (χ0n) is 15.3. The van der Waals surface area contributed by atoms with Gasteiger partial charge in [0.25, 0.3) is 0 Å². The largest absolute Gasteiger partial charge is 0.448 e. The van der Waals surface area contributed by atoms with Gasteiger partial charge in [0, 0.05) is 5.92 Å². The second-order valence-electron chi connectivity index (χ2n) is 6.91. The molecule has 5 rings (SSSR count). The minimum atomic E-state index is -0.825. The highest BCUT2D eigenvalue weighted by atomic mass is 16.6. The van der Waals surface area contributed by atoms with E-state index in [4.69, 9.17) is 9.47 Å². The van der Waals surface area contributed by atoms with Crippen LogP contribution in [0.5, 0.6) is 0 Å². The predicted octanol–water partition coefficient (Wildman–Crippen LogP) is 1.81. The van der Waals surface area contributed by atoms with Gasteiger partial charge in [-0.2, -0.15) is 0 Å². The summed E-state index contributed by atoms with van der Waals surface area (Å²) >= 11 is 0. The zero-order chi connectivity index (χ0) is 19.8. The Bertz CT molecular complexity index is 1020. The monoisotopic (exact) mass is 391 g/mol. The fourth-order valence-electron chi connectivity index (χ4n) is 3.92. The smallest absolute Gasteiger partial charge is 0.413 e. The van der Waals surface area contributed by atoms with Crippen LogP contribution in [0.2, 0.25) is 0 Å². The summed E-state index contributed by atoms with van der Waals surface area (Å²) in [5, 5.41) is 10.8. The highest BCUT2D eigenvalue weighted by Gasteiger charge is 2.40. The summed E-state index contributed by atoms with van der Waals surface area (Å²) < 4.78 is 12.0. The average molecular weight is 391 g/mol. The van der Waals surface area contributed by atoms with Crippen molar-refractivity contribution in [2.24, 2.45) is 0 Å². The molecule has 1 fully saturated rings. The van der Waals surface area contributed by atoms with Gasteiger partial charge in [-0.25, -0.2) is 14.3 Å². The summed E-state index contributed by atoms with van der Waals surface area (Å²) in [6.45, 7) is 0.132. The first-order valence-electron chi connectivity index (χ1n) is 9.21. The van der Waals surface area contributed by atoms with Crippen LogP contribution in [-0.2, 0) is 20.8 Å². The van der Waals surface area contributed by atoms with E-state index in [1.807, 2.05) is 24.3 Å². The molecule has 1 aromatic heterocycles. The normalized spacial score (nSPS) is 17.7. The number of aromatic nitrogens is 4. The van der Waals surface area contributed by atoms with Crippen LogP contribution in [0.4, 0.5) is 4.79 Å². The highest BCUT2D eigenvalue weighted by molar-refractivity contribution is 5.84. The lowest BCUT2D eigenvalue weighted by molar-refractivity contribution is -0.139. The number of carbonyl (C=O) groups excluding carboxylic acids is 2. The molecule has 2 aliphatic rings. The molecule has 9 nitrogen and oxygen atoms in total. The number of fused-ring (bicyclic) bond motifs is 3. The van der Waals surface area contributed by atoms with Crippen molar-refractivity contribution in [3.8, 4) is 11.1 Å².